The molecule has 1 atom stereocenters. The fourth-order valence-corrected chi connectivity index (χ4v) is 5.69. The molecule has 1 saturated carbocycles. The van der Waals surface area contributed by atoms with Gasteiger partial charge in [-0.3, -0.25) is 9.69 Å². The molecule has 0 spiro atoms. The quantitative estimate of drug-likeness (QED) is 0.356. The van der Waals surface area contributed by atoms with Crippen LogP contribution >= 0.6 is 0 Å². The lowest BCUT2D eigenvalue weighted by molar-refractivity contribution is 0.0456. The van der Waals surface area contributed by atoms with Crippen LogP contribution in [0.2, 0.25) is 0 Å². The van der Waals surface area contributed by atoms with Gasteiger partial charge in [-0.25, -0.2) is 4.98 Å². The number of ether oxygens (including phenoxy) is 2. The Labute approximate surface area is 251 Å². The molecule has 5 rings (SSSR count). The molecule has 1 aliphatic heterocycles. The molecule has 1 unspecified atom stereocenters. The molecule has 0 bridgehead atoms. The van der Waals surface area contributed by atoms with Gasteiger partial charge < -0.3 is 25.8 Å². The molecule has 2 fully saturated rings. The number of hydrogen-bond acceptors (Lipinski definition) is 7. The number of carbonyl (C=O) groups is 1. The van der Waals surface area contributed by atoms with E-state index in [-0.39, 0.29) is 11.4 Å². The molecule has 1 saturated heterocycles. The third-order valence-corrected chi connectivity index (χ3v) is 8.53. The molecule has 8 nitrogen and oxygen atoms in total. The first-order valence-corrected chi connectivity index (χ1v) is 14.9. The van der Waals surface area contributed by atoms with Crippen molar-refractivity contribution in [1.82, 2.24) is 14.8 Å². The number of amides is 1. The first-order valence-electron chi connectivity index (χ1n) is 14.9. The smallest absolute Gasteiger partial charge is 0.252 e. The molecule has 1 amide bonds. The number of carbonyl (C=O) groups excluding carboxylic acids is 1. The highest BCUT2D eigenvalue weighted by molar-refractivity contribution is 5.98. The van der Waals surface area contributed by atoms with Crippen molar-refractivity contribution < 1.29 is 14.3 Å². The predicted octanol–water partition coefficient (Wildman–Crippen LogP) is 5.34. The number of likely N-dealkylation sites (N-methyl/N-ethyl adjacent to an activating group) is 1. The van der Waals surface area contributed by atoms with Crippen molar-refractivity contribution in [3.05, 3.63) is 76.5 Å². The number of rotatable bonds is 9. The van der Waals surface area contributed by atoms with Crippen molar-refractivity contribution in [3.63, 3.8) is 0 Å². The van der Waals surface area contributed by atoms with Gasteiger partial charge in [-0.1, -0.05) is 37.1 Å². The standard InChI is InChI=1S/C20H27N5O2.C14H20O/c1-24(2)16-6-7-25(12-16)11-15-8-13(4-5-18(15)27-3)14-9-17(20(22)26)19(21)23-10-14;1-11-7-8-13(9-12(11)2)10-15-14-5-3-4-6-14/h4-5,8-10,16H,6-7,11-12H2,1-3H3,(H2,21,23)(H2,22,26);7-9,14H,3-6,10H2,1-2H3. The number of benzene rings is 2. The molecular weight excluding hydrogens is 526 g/mol. The minimum Gasteiger partial charge on any atom is -0.496 e. The molecule has 0 radical (unpaired) electrons. The lowest BCUT2D eigenvalue weighted by Gasteiger charge is -2.21. The van der Waals surface area contributed by atoms with Crippen molar-refractivity contribution in [1.29, 1.82) is 0 Å². The van der Waals surface area contributed by atoms with E-state index >= 15 is 0 Å². The Bertz CT molecular complexity index is 1350. The second kappa shape index (κ2) is 14.6. The van der Waals surface area contributed by atoms with E-state index in [1.807, 2.05) is 12.1 Å². The summed E-state index contributed by atoms with van der Waals surface area (Å²) in [6.45, 7) is 8.00. The lowest BCUT2D eigenvalue weighted by atomic mass is 10.0. The Morgan fingerprint density at radius 1 is 1.02 bits per heavy atom. The monoisotopic (exact) mass is 573 g/mol. The number of aromatic nitrogens is 1. The fourth-order valence-electron chi connectivity index (χ4n) is 5.69. The van der Waals surface area contributed by atoms with Crippen molar-refractivity contribution in [2.45, 2.75) is 71.2 Å². The van der Waals surface area contributed by atoms with Crippen LogP contribution in [0.25, 0.3) is 11.1 Å². The number of nitrogen functional groups attached to an aromatic ring is 1. The third-order valence-electron chi connectivity index (χ3n) is 8.53. The third kappa shape index (κ3) is 8.31. The Balaban J connectivity index is 0.000000227. The first-order chi connectivity index (χ1) is 20.1. The van der Waals surface area contributed by atoms with Crippen LogP contribution in [-0.2, 0) is 17.9 Å². The molecule has 226 valence electrons. The number of pyridine rings is 1. The van der Waals surface area contributed by atoms with Gasteiger partial charge in [-0.15, -0.1) is 0 Å². The van der Waals surface area contributed by atoms with Crippen LogP contribution < -0.4 is 16.2 Å². The topological polar surface area (TPSA) is 107 Å². The van der Waals surface area contributed by atoms with E-state index in [2.05, 4.69) is 67.0 Å². The Hall–Kier alpha value is -3.46. The minimum absolute atomic E-state index is 0.145. The zero-order chi connectivity index (χ0) is 30.2. The summed E-state index contributed by atoms with van der Waals surface area (Å²) in [5.74, 6) is 0.416. The molecule has 2 heterocycles. The summed E-state index contributed by atoms with van der Waals surface area (Å²) >= 11 is 0. The van der Waals surface area contributed by atoms with Gasteiger partial charge in [0.15, 0.2) is 0 Å². The Morgan fingerprint density at radius 3 is 2.43 bits per heavy atom. The summed E-state index contributed by atoms with van der Waals surface area (Å²) in [6.07, 6.45) is 8.54. The number of primary amides is 1. The van der Waals surface area contributed by atoms with Gasteiger partial charge in [0.2, 0.25) is 0 Å². The zero-order valence-corrected chi connectivity index (χ0v) is 25.9. The van der Waals surface area contributed by atoms with Gasteiger partial charge in [0.1, 0.15) is 11.6 Å². The number of nitrogens with two attached hydrogens (primary N) is 2. The summed E-state index contributed by atoms with van der Waals surface area (Å²) < 4.78 is 11.4. The van der Waals surface area contributed by atoms with E-state index in [0.29, 0.717) is 12.1 Å². The highest BCUT2D eigenvalue weighted by Crippen LogP contribution is 2.30. The number of likely N-dealkylation sites (tertiary alicyclic amines) is 1. The molecule has 8 heteroatoms. The van der Waals surface area contributed by atoms with Gasteiger partial charge in [0.25, 0.3) is 5.91 Å². The summed E-state index contributed by atoms with van der Waals surface area (Å²) in [7, 11) is 5.93. The Morgan fingerprint density at radius 2 is 1.79 bits per heavy atom. The average molecular weight is 574 g/mol. The minimum atomic E-state index is -0.581. The maximum Gasteiger partial charge on any atom is 0.252 e. The van der Waals surface area contributed by atoms with E-state index < -0.39 is 5.91 Å². The number of nitrogens with zero attached hydrogens (tertiary/aromatic N) is 3. The Kier molecular flexibility index (Phi) is 11.0. The van der Waals surface area contributed by atoms with Crippen LogP contribution in [0, 0.1) is 13.8 Å². The van der Waals surface area contributed by atoms with E-state index in [1.165, 1.54) is 48.8 Å². The highest BCUT2D eigenvalue weighted by atomic mass is 16.5. The van der Waals surface area contributed by atoms with Crippen molar-refractivity contribution in [2.24, 2.45) is 5.73 Å². The highest BCUT2D eigenvalue weighted by Gasteiger charge is 2.25. The van der Waals surface area contributed by atoms with E-state index in [1.54, 1.807) is 19.4 Å². The number of hydrogen-bond donors (Lipinski definition) is 2. The lowest BCUT2D eigenvalue weighted by Crippen LogP contribution is -2.31. The SMILES string of the molecule is COc1ccc(-c2cnc(N)c(C(N)=O)c2)cc1CN1CCC(N(C)C)C1.Cc1ccc(COC2CCCC2)cc1C. The van der Waals surface area contributed by atoms with E-state index in [4.69, 9.17) is 20.9 Å². The summed E-state index contributed by atoms with van der Waals surface area (Å²) in [5, 5.41) is 0. The van der Waals surface area contributed by atoms with Gasteiger partial charge in [0, 0.05) is 43.0 Å². The molecule has 2 aliphatic rings. The molecule has 1 aliphatic carbocycles. The predicted molar refractivity (Wildman–Crippen MR) is 169 cm³/mol. The summed E-state index contributed by atoms with van der Waals surface area (Å²) in [5.41, 5.74) is 18.3. The van der Waals surface area contributed by atoms with Crippen molar-refractivity contribution >= 4 is 11.7 Å². The van der Waals surface area contributed by atoms with Gasteiger partial charge >= 0.3 is 0 Å². The summed E-state index contributed by atoms with van der Waals surface area (Å²) in [4.78, 5) is 20.4. The molecule has 3 aromatic rings. The van der Waals surface area contributed by atoms with Gasteiger partial charge in [-0.05, 0) is 87.7 Å². The van der Waals surface area contributed by atoms with E-state index in [9.17, 15) is 4.79 Å². The van der Waals surface area contributed by atoms with Crippen LogP contribution in [0.1, 0.15) is 64.7 Å². The van der Waals surface area contributed by atoms with Crippen LogP contribution in [0.3, 0.4) is 0 Å². The molecule has 1 aromatic heterocycles. The van der Waals surface area contributed by atoms with Crippen LogP contribution in [0.15, 0.2) is 48.7 Å². The maximum atomic E-state index is 11.6. The maximum absolute atomic E-state index is 11.6. The average Bonchev–Trinajstić information content (AvgIpc) is 3.67. The van der Waals surface area contributed by atoms with Crippen LogP contribution in [0.4, 0.5) is 5.82 Å². The van der Waals surface area contributed by atoms with Gasteiger partial charge in [-0.2, -0.15) is 0 Å². The zero-order valence-electron chi connectivity index (χ0n) is 25.9. The van der Waals surface area contributed by atoms with Crippen LogP contribution in [0.5, 0.6) is 5.75 Å². The fraction of sp³-hybridized carbons (Fsp3) is 0.471. The van der Waals surface area contributed by atoms with E-state index in [0.717, 1.165) is 48.7 Å². The summed E-state index contributed by atoms with van der Waals surface area (Å²) in [6, 6.07) is 14.9. The molecular formula is C34H47N5O3. The van der Waals surface area contributed by atoms with Crippen molar-refractivity contribution in [2.75, 3.05) is 40.0 Å². The number of aryl methyl sites for hydroxylation is 2. The molecule has 4 N–H and O–H groups in total. The second-order valence-corrected chi connectivity index (χ2v) is 11.8. The van der Waals surface area contributed by atoms with Crippen molar-refractivity contribution in [3.8, 4) is 16.9 Å². The normalized spacial score (nSPS) is 17.3. The second-order valence-electron chi connectivity index (χ2n) is 11.8. The number of methoxy groups -OCH3 is 1. The molecule has 42 heavy (non-hydrogen) atoms. The largest absolute Gasteiger partial charge is 0.496 e. The number of anilines is 1. The molecule has 2 aromatic carbocycles. The van der Waals surface area contributed by atoms with Gasteiger partial charge in [0.05, 0.1) is 25.4 Å². The van der Waals surface area contributed by atoms with Crippen LogP contribution in [-0.4, -0.2) is 67.1 Å². The first kappa shape index (κ1) is 31.5.